The molecular formula is C10H14N2O6. The Morgan fingerprint density at radius 3 is 2.61 bits per heavy atom. The summed E-state index contributed by atoms with van der Waals surface area (Å²) in [5.41, 5.74) is 1.82. The number of hydroxylamine groups is 3. The van der Waals surface area contributed by atoms with Gasteiger partial charge in [0.05, 0.1) is 6.61 Å². The topological polar surface area (TPSA) is 102 Å². The Kier molecular flexibility index (Phi) is 5.25. The summed E-state index contributed by atoms with van der Waals surface area (Å²) in [7, 11) is 0. The van der Waals surface area contributed by atoms with Crippen molar-refractivity contribution in [3.63, 3.8) is 0 Å². The molecule has 0 aliphatic carbocycles. The Balaban J connectivity index is 2.22. The maximum absolute atomic E-state index is 11.1. The van der Waals surface area contributed by atoms with E-state index >= 15 is 0 Å². The van der Waals surface area contributed by atoms with Crippen molar-refractivity contribution in [2.45, 2.75) is 26.2 Å². The molecule has 0 aromatic carbocycles. The zero-order chi connectivity index (χ0) is 13.5. The molecule has 0 spiro atoms. The van der Waals surface area contributed by atoms with Crippen molar-refractivity contribution in [1.29, 1.82) is 0 Å². The first-order valence-corrected chi connectivity index (χ1v) is 5.43. The molecule has 1 rings (SSSR count). The minimum Gasteiger partial charge on any atom is -0.448 e. The van der Waals surface area contributed by atoms with Gasteiger partial charge >= 0.3 is 6.09 Å². The number of carbonyl (C=O) groups excluding carboxylic acids is 4. The third-order valence-electron chi connectivity index (χ3n) is 2.22. The Morgan fingerprint density at radius 2 is 2.06 bits per heavy atom. The smallest absolute Gasteiger partial charge is 0.433 e. The molecule has 3 amide bonds. The van der Waals surface area contributed by atoms with Crippen molar-refractivity contribution in [3.05, 3.63) is 0 Å². The molecular weight excluding hydrogens is 244 g/mol. The fourth-order valence-corrected chi connectivity index (χ4v) is 1.22. The van der Waals surface area contributed by atoms with Crippen LogP contribution in [0.3, 0.4) is 0 Å². The summed E-state index contributed by atoms with van der Waals surface area (Å²) in [6.07, 6.45) is 0.194. The number of hydrogen-bond donors (Lipinski definition) is 1. The molecule has 0 aromatic rings. The van der Waals surface area contributed by atoms with Crippen molar-refractivity contribution >= 4 is 24.2 Å². The molecule has 100 valence electrons. The Labute approximate surface area is 103 Å². The van der Waals surface area contributed by atoms with E-state index < -0.39 is 17.9 Å². The summed E-state index contributed by atoms with van der Waals surface area (Å²) in [6, 6.07) is 0. The van der Waals surface area contributed by atoms with Crippen molar-refractivity contribution < 1.29 is 28.9 Å². The first kappa shape index (κ1) is 14.1. The van der Waals surface area contributed by atoms with Crippen molar-refractivity contribution in [1.82, 2.24) is 10.5 Å². The lowest BCUT2D eigenvalue weighted by molar-refractivity contribution is -0.203. The quantitative estimate of drug-likeness (QED) is 0.406. The van der Waals surface area contributed by atoms with E-state index in [1.807, 2.05) is 5.48 Å². The van der Waals surface area contributed by atoms with E-state index in [1.54, 1.807) is 6.92 Å². The number of ether oxygens (including phenoxy) is 1. The second-order valence-corrected chi connectivity index (χ2v) is 3.88. The Bertz CT molecular complexity index is 340. The van der Waals surface area contributed by atoms with E-state index in [4.69, 9.17) is 4.74 Å². The summed E-state index contributed by atoms with van der Waals surface area (Å²) in [5.74, 6) is -1.15. The van der Waals surface area contributed by atoms with Crippen LogP contribution >= 0.6 is 0 Å². The molecule has 1 saturated heterocycles. The minimum absolute atomic E-state index is 0.0375. The summed E-state index contributed by atoms with van der Waals surface area (Å²) < 4.78 is 4.70. The van der Waals surface area contributed by atoms with Gasteiger partial charge in [0.25, 0.3) is 11.8 Å². The Morgan fingerprint density at radius 1 is 1.44 bits per heavy atom. The highest BCUT2D eigenvalue weighted by atomic mass is 16.8. The molecule has 0 saturated carbocycles. The first-order valence-electron chi connectivity index (χ1n) is 5.43. The zero-order valence-electron chi connectivity index (χ0n) is 9.88. The largest absolute Gasteiger partial charge is 0.448 e. The van der Waals surface area contributed by atoms with Crippen LogP contribution in [0.4, 0.5) is 4.79 Å². The Hall–Kier alpha value is -1.96. The van der Waals surface area contributed by atoms with E-state index in [2.05, 4.69) is 4.94 Å². The maximum atomic E-state index is 11.1. The molecule has 0 aromatic heterocycles. The highest BCUT2D eigenvalue weighted by Crippen LogP contribution is 2.10. The zero-order valence-corrected chi connectivity index (χ0v) is 9.88. The van der Waals surface area contributed by atoms with E-state index in [-0.39, 0.29) is 31.8 Å². The minimum atomic E-state index is -0.930. The van der Waals surface area contributed by atoms with E-state index in [9.17, 15) is 19.2 Å². The molecule has 18 heavy (non-hydrogen) atoms. The van der Waals surface area contributed by atoms with E-state index in [0.717, 1.165) is 6.29 Å². The van der Waals surface area contributed by atoms with Crippen LogP contribution in [0.25, 0.3) is 0 Å². The highest BCUT2D eigenvalue weighted by molar-refractivity contribution is 6.00. The number of amides is 3. The maximum Gasteiger partial charge on any atom is 0.433 e. The molecule has 1 aliphatic rings. The van der Waals surface area contributed by atoms with Gasteiger partial charge in [0, 0.05) is 19.3 Å². The van der Waals surface area contributed by atoms with Crippen molar-refractivity contribution in [3.8, 4) is 0 Å². The summed E-state index contributed by atoms with van der Waals surface area (Å²) in [5, 5.41) is 0.482. The van der Waals surface area contributed by atoms with Gasteiger partial charge in [-0.2, -0.15) is 5.48 Å². The SMILES string of the molecule is CC(CC=O)COC(=O)NON1C(=O)CCC1=O. The van der Waals surface area contributed by atoms with Gasteiger partial charge in [-0.25, -0.2) is 4.79 Å². The number of carbonyl (C=O) groups is 4. The van der Waals surface area contributed by atoms with Gasteiger partial charge in [-0.15, -0.1) is 10.0 Å². The van der Waals surface area contributed by atoms with Crippen LogP contribution in [-0.2, 0) is 24.1 Å². The number of hydrogen-bond acceptors (Lipinski definition) is 6. The van der Waals surface area contributed by atoms with Gasteiger partial charge in [0.2, 0.25) is 0 Å². The molecule has 0 radical (unpaired) electrons. The summed E-state index contributed by atoms with van der Waals surface area (Å²) in [4.78, 5) is 48.0. The summed E-state index contributed by atoms with van der Waals surface area (Å²) in [6.45, 7) is 1.77. The second-order valence-electron chi connectivity index (χ2n) is 3.88. The van der Waals surface area contributed by atoms with Crippen LogP contribution in [-0.4, -0.2) is 35.9 Å². The van der Waals surface area contributed by atoms with E-state index in [0.29, 0.717) is 5.06 Å². The third kappa shape index (κ3) is 4.13. The highest BCUT2D eigenvalue weighted by Gasteiger charge is 2.31. The van der Waals surface area contributed by atoms with Crippen LogP contribution in [0.1, 0.15) is 26.2 Å². The van der Waals surface area contributed by atoms with Gasteiger partial charge in [0.15, 0.2) is 0 Å². The second kappa shape index (κ2) is 6.70. The normalized spacial score (nSPS) is 16.6. The number of nitrogens with one attached hydrogen (secondary N) is 1. The first-order chi connectivity index (χ1) is 8.54. The molecule has 1 aliphatic heterocycles. The van der Waals surface area contributed by atoms with Gasteiger partial charge < -0.3 is 9.53 Å². The van der Waals surface area contributed by atoms with Crippen LogP contribution < -0.4 is 5.48 Å². The van der Waals surface area contributed by atoms with Crippen LogP contribution in [0.2, 0.25) is 0 Å². The predicted molar refractivity (Wildman–Crippen MR) is 56.5 cm³/mol. The molecule has 1 unspecified atom stereocenters. The van der Waals surface area contributed by atoms with Crippen molar-refractivity contribution in [2.75, 3.05) is 6.61 Å². The molecule has 1 atom stereocenters. The van der Waals surface area contributed by atoms with Crippen LogP contribution in [0.15, 0.2) is 0 Å². The number of nitrogens with zero attached hydrogens (tertiary/aromatic N) is 1. The van der Waals surface area contributed by atoms with Gasteiger partial charge in [0.1, 0.15) is 6.29 Å². The van der Waals surface area contributed by atoms with Gasteiger partial charge in [-0.3, -0.25) is 9.59 Å². The molecule has 1 heterocycles. The van der Waals surface area contributed by atoms with Gasteiger partial charge in [-0.05, 0) is 5.92 Å². The molecule has 1 fully saturated rings. The molecule has 8 nitrogen and oxygen atoms in total. The van der Waals surface area contributed by atoms with Crippen LogP contribution in [0, 0.1) is 5.92 Å². The average Bonchev–Trinajstić information content (AvgIpc) is 2.64. The average molecular weight is 258 g/mol. The van der Waals surface area contributed by atoms with Crippen LogP contribution in [0.5, 0.6) is 0 Å². The number of aldehydes is 1. The monoisotopic (exact) mass is 258 g/mol. The van der Waals surface area contributed by atoms with Gasteiger partial charge in [-0.1, -0.05) is 6.92 Å². The fourth-order valence-electron chi connectivity index (χ4n) is 1.22. The fraction of sp³-hybridized carbons (Fsp3) is 0.600. The lowest BCUT2D eigenvalue weighted by atomic mass is 10.1. The predicted octanol–water partition coefficient (Wildman–Crippen LogP) is -0.0667. The number of rotatable bonds is 6. The number of imide groups is 1. The third-order valence-corrected chi connectivity index (χ3v) is 2.22. The van der Waals surface area contributed by atoms with Crippen molar-refractivity contribution in [2.24, 2.45) is 5.92 Å². The lowest BCUT2D eigenvalue weighted by Gasteiger charge is -2.13. The molecule has 1 N–H and O–H groups in total. The standard InChI is InChI=1S/C10H14N2O6/c1-7(4-5-13)6-17-10(16)11-18-12-8(14)2-3-9(12)15/h5,7H,2-4,6H2,1H3,(H,11,16). The molecule has 0 bridgehead atoms. The molecule has 8 heteroatoms. The lowest BCUT2D eigenvalue weighted by Crippen LogP contribution is -2.38. The van der Waals surface area contributed by atoms with E-state index in [1.165, 1.54) is 0 Å². The summed E-state index contributed by atoms with van der Waals surface area (Å²) >= 11 is 0.